The molecule has 1 aliphatic carbocycles. The number of carbonyl (C=O) groups excluding carboxylic acids is 1. The summed E-state index contributed by atoms with van der Waals surface area (Å²) >= 11 is 5.66. The first-order valence-electron chi connectivity index (χ1n) is 7.47. The largest absolute Gasteiger partial charge is 0.479 e. The number of rotatable bonds is 5. The smallest absolute Gasteiger partial charge is 0.335 e. The highest BCUT2D eigenvalue weighted by Crippen LogP contribution is 2.43. The summed E-state index contributed by atoms with van der Waals surface area (Å²) in [4.78, 5) is 24.1. The van der Waals surface area contributed by atoms with Crippen LogP contribution < -0.4 is 5.32 Å². The van der Waals surface area contributed by atoms with E-state index in [1.165, 1.54) is 6.92 Å². The molecule has 0 aromatic heterocycles. The van der Waals surface area contributed by atoms with Gasteiger partial charge < -0.3 is 20.6 Å². The van der Waals surface area contributed by atoms with E-state index < -0.39 is 41.0 Å². The number of alkyl halides is 1. The number of aliphatic hydroxyl groups is 2. The zero-order valence-electron chi connectivity index (χ0n) is 12.5. The van der Waals surface area contributed by atoms with Crippen molar-refractivity contribution in [2.45, 2.75) is 49.9 Å². The minimum absolute atomic E-state index is 0.114. The topological polar surface area (TPSA) is 107 Å². The maximum atomic E-state index is 12.2. The van der Waals surface area contributed by atoms with Gasteiger partial charge in [0, 0.05) is 11.8 Å². The van der Waals surface area contributed by atoms with E-state index in [4.69, 9.17) is 11.6 Å². The minimum atomic E-state index is -2.13. The Kier molecular flexibility index (Phi) is 4.84. The first kappa shape index (κ1) is 17.2. The molecule has 2 rings (SSSR count). The molecule has 0 radical (unpaired) electrons. The highest BCUT2D eigenvalue weighted by Gasteiger charge is 2.69. The molecule has 1 heterocycles. The normalized spacial score (nSPS) is 39.5. The van der Waals surface area contributed by atoms with Crippen LogP contribution in [0.5, 0.6) is 0 Å². The Hall–Kier alpha value is -1.11. The van der Waals surface area contributed by atoms with E-state index in [2.05, 4.69) is 5.32 Å². The molecule has 22 heavy (non-hydrogen) atoms. The average Bonchev–Trinajstić information content (AvgIpc) is 2.68. The molecular formula is C15H22ClNO5. The molecule has 1 fully saturated rings. The number of amides is 1. The van der Waals surface area contributed by atoms with Gasteiger partial charge in [-0.05, 0) is 32.6 Å². The number of carbonyl (C=O) groups is 2. The summed E-state index contributed by atoms with van der Waals surface area (Å²) < 4.78 is 0. The second-order valence-electron chi connectivity index (χ2n) is 6.25. The van der Waals surface area contributed by atoms with Crippen molar-refractivity contribution in [3.63, 3.8) is 0 Å². The molecule has 1 unspecified atom stereocenters. The van der Waals surface area contributed by atoms with E-state index in [1.54, 1.807) is 6.08 Å². The molecule has 1 aliphatic heterocycles. The third-order valence-corrected chi connectivity index (χ3v) is 5.21. The molecule has 0 spiro atoms. The van der Waals surface area contributed by atoms with Crippen LogP contribution in [-0.4, -0.2) is 50.3 Å². The second kappa shape index (κ2) is 6.18. The van der Waals surface area contributed by atoms with Crippen molar-refractivity contribution in [3.05, 3.63) is 12.2 Å². The Morgan fingerprint density at radius 1 is 1.59 bits per heavy atom. The lowest BCUT2D eigenvalue weighted by Gasteiger charge is -2.43. The van der Waals surface area contributed by atoms with Gasteiger partial charge in [0.05, 0.1) is 12.0 Å². The quantitative estimate of drug-likeness (QED) is 0.437. The Morgan fingerprint density at radius 2 is 2.27 bits per heavy atom. The van der Waals surface area contributed by atoms with Crippen molar-refractivity contribution in [1.82, 2.24) is 5.32 Å². The zero-order chi connectivity index (χ0) is 16.5. The van der Waals surface area contributed by atoms with Gasteiger partial charge in [0.25, 0.3) is 0 Å². The summed E-state index contributed by atoms with van der Waals surface area (Å²) in [6.07, 6.45) is 4.68. The fraction of sp³-hybridized carbons (Fsp3) is 0.733. The van der Waals surface area contributed by atoms with E-state index in [-0.39, 0.29) is 12.3 Å². The minimum Gasteiger partial charge on any atom is -0.479 e. The van der Waals surface area contributed by atoms with Crippen LogP contribution >= 0.6 is 11.6 Å². The standard InChI is InChI=1S/C15H22ClNO5/c1-14(22)10(7-8-16)12(19)17-15(14,13(20)21)11(18)9-5-3-2-4-6-9/h3,5,9-11,18,22H,2,4,6-8H2,1H3,(H,17,19)(H,20,21)/t9-,10+,11?,14+,15+/m1/s1. The molecule has 0 bridgehead atoms. The number of nitrogens with one attached hydrogen (secondary N) is 1. The first-order valence-corrected chi connectivity index (χ1v) is 8.01. The van der Waals surface area contributed by atoms with Crippen LogP contribution in [0.15, 0.2) is 12.2 Å². The van der Waals surface area contributed by atoms with Gasteiger partial charge in [0.15, 0.2) is 5.54 Å². The van der Waals surface area contributed by atoms with Crippen molar-refractivity contribution in [2.24, 2.45) is 11.8 Å². The van der Waals surface area contributed by atoms with E-state index in [9.17, 15) is 24.9 Å². The summed E-state index contributed by atoms with van der Waals surface area (Å²) in [5.74, 6) is -3.31. The van der Waals surface area contributed by atoms with Gasteiger partial charge >= 0.3 is 5.97 Å². The van der Waals surface area contributed by atoms with Crippen LogP contribution in [0.2, 0.25) is 0 Å². The Labute approximate surface area is 134 Å². The van der Waals surface area contributed by atoms with Gasteiger partial charge in [-0.25, -0.2) is 4.79 Å². The van der Waals surface area contributed by atoms with Gasteiger partial charge in [-0.1, -0.05) is 12.2 Å². The van der Waals surface area contributed by atoms with Gasteiger partial charge in [0.2, 0.25) is 5.91 Å². The van der Waals surface area contributed by atoms with Crippen molar-refractivity contribution >= 4 is 23.5 Å². The first-order chi connectivity index (χ1) is 10.3. The highest BCUT2D eigenvalue weighted by atomic mass is 35.5. The third kappa shape index (κ3) is 2.43. The summed E-state index contributed by atoms with van der Waals surface area (Å²) in [5, 5.41) is 33.6. The molecule has 1 amide bonds. The molecule has 0 aromatic rings. The molecule has 6 nitrogen and oxygen atoms in total. The van der Waals surface area contributed by atoms with Crippen molar-refractivity contribution in [3.8, 4) is 0 Å². The Balaban J connectivity index is 2.44. The molecule has 1 saturated heterocycles. The number of halogens is 1. The summed E-state index contributed by atoms with van der Waals surface area (Å²) in [6, 6.07) is 0. The lowest BCUT2D eigenvalue weighted by Crippen LogP contribution is -2.70. The van der Waals surface area contributed by atoms with Crippen molar-refractivity contribution < 1.29 is 24.9 Å². The fourth-order valence-electron chi connectivity index (χ4n) is 3.65. The number of hydrogen-bond acceptors (Lipinski definition) is 4. The highest BCUT2D eigenvalue weighted by molar-refractivity contribution is 6.18. The maximum absolute atomic E-state index is 12.2. The number of carboxylic acids is 1. The van der Waals surface area contributed by atoms with E-state index in [1.807, 2.05) is 6.08 Å². The van der Waals surface area contributed by atoms with Crippen LogP contribution in [0.4, 0.5) is 0 Å². The molecule has 124 valence electrons. The Morgan fingerprint density at radius 3 is 2.77 bits per heavy atom. The monoisotopic (exact) mass is 331 g/mol. The van der Waals surface area contributed by atoms with E-state index in [0.717, 1.165) is 12.8 Å². The maximum Gasteiger partial charge on any atom is 0.335 e. The lowest BCUT2D eigenvalue weighted by atomic mass is 9.68. The Bertz CT molecular complexity index is 492. The van der Waals surface area contributed by atoms with Gasteiger partial charge in [-0.2, -0.15) is 0 Å². The van der Waals surface area contributed by atoms with Gasteiger partial charge in [0.1, 0.15) is 5.60 Å². The molecule has 2 aliphatic rings. The predicted octanol–water partition coefficient (Wildman–Crippen LogP) is 0.653. The van der Waals surface area contributed by atoms with E-state index >= 15 is 0 Å². The van der Waals surface area contributed by atoms with Crippen LogP contribution in [0.25, 0.3) is 0 Å². The fourth-order valence-corrected chi connectivity index (χ4v) is 3.87. The number of hydrogen-bond donors (Lipinski definition) is 4. The summed E-state index contributed by atoms with van der Waals surface area (Å²) in [7, 11) is 0. The predicted molar refractivity (Wildman–Crippen MR) is 80.4 cm³/mol. The van der Waals surface area contributed by atoms with Crippen molar-refractivity contribution in [2.75, 3.05) is 5.88 Å². The number of allylic oxidation sites excluding steroid dienone is 1. The SMILES string of the molecule is C[C@]1(O)[C@@H](CCCl)C(=O)N[C@]1(C(=O)O)C(O)[C@@H]1C=CCCC1. The summed E-state index contributed by atoms with van der Waals surface area (Å²) in [5.41, 5.74) is -4.07. The molecule has 0 aromatic carbocycles. The average molecular weight is 332 g/mol. The van der Waals surface area contributed by atoms with Gasteiger partial charge in [-0.3, -0.25) is 4.79 Å². The van der Waals surface area contributed by atoms with Crippen LogP contribution in [0, 0.1) is 11.8 Å². The third-order valence-electron chi connectivity index (χ3n) is 4.99. The summed E-state index contributed by atoms with van der Waals surface area (Å²) in [6.45, 7) is 1.28. The second-order valence-corrected chi connectivity index (χ2v) is 6.63. The van der Waals surface area contributed by atoms with E-state index in [0.29, 0.717) is 6.42 Å². The van der Waals surface area contributed by atoms with Crippen molar-refractivity contribution in [1.29, 1.82) is 0 Å². The number of aliphatic carboxylic acids is 1. The zero-order valence-corrected chi connectivity index (χ0v) is 13.2. The van der Waals surface area contributed by atoms with Gasteiger partial charge in [-0.15, -0.1) is 11.6 Å². The number of aliphatic hydroxyl groups excluding tert-OH is 1. The lowest BCUT2D eigenvalue weighted by molar-refractivity contribution is -0.170. The van der Waals surface area contributed by atoms with Crippen LogP contribution in [0.1, 0.15) is 32.6 Å². The molecule has 7 heteroatoms. The number of carboxylic acid groups (broad SMARTS) is 1. The molecule has 5 atom stereocenters. The van der Waals surface area contributed by atoms with Crippen LogP contribution in [0.3, 0.4) is 0 Å². The molecular weight excluding hydrogens is 310 g/mol. The molecule has 0 saturated carbocycles. The van der Waals surface area contributed by atoms with Crippen LogP contribution in [-0.2, 0) is 9.59 Å². The molecule has 4 N–H and O–H groups in total.